The number of fused-ring (bicyclic) bond motifs is 1. The van der Waals surface area contributed by atoms with Crippen LogP contribution >= 0.6 is 0 Å². The molecular weight excluding hydrogens is 366 g/mol. The van der Waals surface area contributed by atoms with Crippen molar-refractivity contribution in [3.05, 3.63) is 70.4 Å². The molecule has 0 spiro atoms. The van der Waals surface area contributed by atoms with Crippen molar-refractivity contribution in [2.75, 3.05) is 6.61 Å². The zero-order valence-corrected chi connectivity index (χ0v) is 14.6. The van der Waals surface area contributed by atoms with Gasteiger partial charge in [0.25, 0.3) is 5.91 Å². The zero-order chi connectivity index (χ0) is 20.1. The number of aromatic amines is 1. The van der Waals surface area contributed by atoms with E-state index in [4.69, 9.17) is 4.74 Å². The first-order valence-electron chi connectivity index (χ1n) is 8.39. The lowest BCUT2D eigenvalue weighted by molar-refractivity contribution is -0.385. The van der Waals surface area contributed by atoms with Crippen molar-refractivity contribution in [3.63, 3.8) is 0 Å². The highest BCUT2D eigenvalue weighted by atomic mass is 16.6. The maximum Gasteiger partial charge on any atom is 0.326 e. The fourth-order valence-electron chi connectivity index (χ4n) is 2.83. The quantitative estimate of drug-likeness (QED) is 0.403. The third-order valence-electron chi connectivity index (χ3n) is 4.15. The lowest BCUT2D eigenvalue weighted by Crippen LogP contribution is -2.44. The first-order valence-corrected chi connectivity index (χ1v) is 8.39. The molecule has 144 valence electrons. The summed E-state index contributed by atoms with van der Waals surface area (Å²) in [6.07, 6.45) is 1.78. The zero-order valence-electron chi connectivity index (χ0n) is 14.6. The number of amides is 1. The number of para-hydroxylation sites is 3. The normalized spacial score (nSPS) is 11.7. The largest absolute Gasteiger partial charge is 0.480 e. The van der Waals surface area contributed by atoms with E-state index in [1.165, 1.54) is 24.3 Å². The van der Waals surface area contributed by atoms with E-state index in [0.29, 0.717) is 0 Å². The number of nitrogens with one attached hydrogen (secondary N) is 2. The Balaban J connectivity index is 1.65. The van der Waals surface area contributed by atoms with Crippen LogP contribution in [0.1, 0.15) is 5.56 Å². The van der Waals surface area contributed by atoms with Gasteiger partial charge in [-0.3, -0.25) is 14.9 Å². The maximum absolute atomic E-state index is 12.1. The Labute approximate surface area is 159 Å². The standard InChI is InChI=1S/C19H17N3O6/c23-18(11-28-17-8-4-3-7-16(17)22(26)27)21-15(19(24)25)9-12-10-20-14-6-2-1-5-13(12)14/h1-8,10,15,20H,9,11H2,(H,21,23)(H,24,25)/t15-/m1/s1. The van der Waals surface area contributed by atoms with Gasteiger partial charge in [-0.25, -0.2) is 4.79 Å². The average Bonchev–Trinajstić information content (AvgIpc) is 3.09. The van der Waals surface area contributed by atoms with E-state index in [9.17, 15) is 24.8 Å². The Hall–Kier alpha value is -3.88. The van der Waals surface area contributed by atoms with E-state index >= 15 is 0 Å². The van der Waals surface area contributed by atoms with Crippen molar-refractivity contribution < 1.29 is 24.4 Å². The van der Waals surface area contributed by atoms with Gasteiger partial charge in [0.2, 0.25) is 0 Å². The van der Waals surface area contributed by atoms with E-state index in [1.54, 1.807) is 6.20 Å². The number of aliphatic carboxylic acids is 1. The van der Waals surface area contributed by atoms with Gasteiger partial charge in [0.1, 0.15) is 6.04 Å². The van der Waals surface area contributed by atoms with Crippen molar-refractivity contribution >= 4 is 28.5 Å². The molecule has 9 nitrogen and oxygen atoms in total. The molecule has 0 saturated heterocycles. The van der Waals surface area contributed by atoms with Gasteiger partial charge >= 0.3 is 11.7 Å². The number of carboxylic acids is 1. The van der Waals surface area contributed by atoms with Crippen LogP contribution in [0.15, 0.2) is 54.7 Å². The number of hydrogen-bond acceptors (Lipinski definition) is 5. The second-order valence-electron chi connectivity index (χ2n) is 6.04. The number of rotatable bonds is 8. The number of carboxylic acid groups (broad SMARTS) is 1. The van der Waals surface area contributed by atoms with Crippen LogP contribution in [0.3, 0.4) is 0 Å². The van der Waals surface area contributed by atoms with Crippen LogP contribution in [0.5, 0.6) is 5.75 Å². The minimum Gasteiger partial charge on any atom is -0.480 e. The molecule has 3 rings (SSSR count). The molecule has 0 aliphatic rings. The number of aromatic nitrogens is 1. The minimum atomic E-state index is -1.19. The molecule has 0 bridgehead atoms. The van der Waals surface area contributed by atoms with E-state index < -0.39 is 29.4 Å². The number of nitrogens with zero attached hydrogens (tertiary/aromatic N) is 1. The molecule has 9 heteroatoms. The molecule has 0 aliphatic heterocycles. The van der Waals surface area contributed by atoms with Gasteiger partial charge in [-0.1, -0.05) is 30.3 Å². The Kier molecular flexibility index (Phi) is 5.54. The number of benzene rings is 2. The summed E-state index contributed by atoms with van der Waals surface area (Å²) >= 11 is 0. The van der Waals surface area contributed by atoms with Crippen molar-refractivity contribution in [1.82, 2.24) is 10.3 Å². The maximum atomic E-state index is 12.1. The molecule has 28 heavy (non-hydrogen) atoms. The highest BCUT2D eigenvalue weighted by Gasteiger charge is 2.23. The van der Waals surface area contributed by atoms with Gasteiger partial charge in [-0.2, -0.15) is 0 Å². The summed E-state index contributed by atoms with van der Waals surface area (Å²) in [4.78, 5) is 37.1. The highest BCUT2D eigenvalue weighted by molar-refractivity contribution is 5.87. The molecule has 1 heterocycles. The van der Waals surface area contributed by atoms with Crippen LogP contribution in [-0.4, -0.2) is 39.5 Å². The molecule has 2 aromatic carbocycles. The number of nitro benzene ring substituents is 1. The topological polar surface area (TPSA) is 135 Å². The number of carbonyl (C=O) groups is 2. The molecule has 3 aromatic rings. The SMILES string of the molecule is O=C(COc1ccccc1[N+](=O)[O-])N[C@H](Cc1c[nH]c2ccccc12)C(=O)O. The first kappa shape index (κ1) is 18.9. The van der Waals surface area contributed by atoms with Crippen LogP contribution < -0.4 is 10.1 Å². The smallest absolute Gasteiger partial charge is 0.326 e. The van der Waals surface area contributed by atoms with E-state index in [0.717, 1.165) is 16.5 Å². The van der Waals surface area contributed by atoms with Crippen LogP contribution in [-0.2, 0) is 16.0 Å². The van der Waals surface area contributed by atoms with Gasteiger partial charge < -0.3 is 20.1 Å². The molecule has 1 aromatic heterocycles. The summed E-state index contributed by atoms with van der Waals surface area (Å²) in [7, 11) is 0. The van der Waals surface area contributed by atoms with E-state index in [-0.39, 0.29) is 17.9 Å². The molecule has 0 aliphatic carbocycles. The number of H-pyrrole nitrogens is 1. The average molecular weight is 383 g/mol. The third-order valence-corrected chi connectivity index (χ3v) is 4.15. The van der Waals surface area contributed by atoms with Crippen molar-refractivity contribution in [2.24, 2.45) is 0 Å². The Bertz CT molecular complexity index is 1030. The fraction of sp³-hybridized carbons (Fsp3) is 0.158. The predicted octanol–water partition coefficient (Wildman–Crippen LogP) is 2.27. The summed E-state index contributed by atoms with van der Waals surface area (Å²) in [5, 5.41) is 23.7. The summed E-state index contributed by atoms with van der Waals surface area (Å²) in [5.41, 5.74) is 1.35. The third kappa shape index (κ3) is 4.26. The lowest BCUT2D eigenvalue weighted by atomic mass is 10.1. The van der Waals surface area contributed by atoms with Gasteiger partial charge in [0, 0.05) is 29.6 Å². The molecular formula is C19H17N3O6. The summed E-state index contributed by atoms with van der Waals surface area (Å²) < 4.78 is 5.19. The highest BCUT2D eigenvalue weighted by Crippen LogP contribution is 2.25. The van der Waals surface area contributed by atoms with Crippen LogP contribution in [0.4, 0.5) is 5.69 Å². The van der Waals surface area contributed by atoms with Gasteiger partial charge in [0.15, 0.2) is 12.4 Å². The number of carbonyl (C=O) groups excluding carboxylic acids is 1. The van der Waals surface area contributed by atoms with E-state index in [2.05, 4.69) is 10.3 Å². The minimum absolute atomic E-state index is 0.0637. The molecule has 3 N–H and O–H groups in total. The predicted molar refractivity (Wildman–Crippen MR) is 100 cm³/mol. The number of nitro groups is 1. The van der Waals surface area contributed by atoms with Crippen molar-refractivity contribution in [3.8, 4) is 5.75 Å². The Morgan fingerprint density at radius 2 is 1.89 bits per heavy atom. The van der Waals surface area contributed by atoms with Gasteiger partial charge in [0.05, 0.1) is 4.92 Å². The van der Waals surface area contributed by atoms with Gasteiger partial charge in [-0.15, -0.1) is 0 Å². The molecule has 0 radical (unpaired) electrons. The Morgan fingerprint density at radius 1 is 1.18 bits per heavy atom. The summed E-state index contributed by atoms with van der Waals surface area (Å²) in [5.74, 6) is -1.94. The molecule has 1 amide bonds. The van der Waals surface area contributed by atoms with Crippen LogP contribution in [0.2, 0.25) is 0 Å². The van der Waals surface area contributed by atoms with Crippen molar-refractivity contribution in [2.45, 2.75) is 12.5 Å². The van der Waals surface area contributed by atoms with Crippen molar-refractivity contribution in [1.29, 1.82) is 0 Å². The lowest BCUT2D eigenvalue weighted by Gasteiger charge is -2.14. The summed E-state index contributed by atoms with van der Waals surface area (Å²) in [6.45, 7) is -0.539. The fourth-order valence-corrected chi connectivity index (χ4v) is 2.83. The van der Waals surface area contributed by atoms with Crippen LogP contribution in [0, 0.1) is 10.1 Å². The second-order valence-corrected chi connectivity index (χ2v) is 6.04. The van der Waals surface area contributed by atoms with Crippen LogP contribution in [0.25, 0.3) is 10.9 Å². The van der Waals surface area contributed by atoms with Gasteiger partial charge in [-0.05, 0) is 17.7 Å². The number of ether oxygens (including phenoxy) is 1. The summed E-state index contributed by atoms with van der Waals surface area (Å²) in [6, 6.07) is 11.9. The second kappa shape index (κ2) is 8.21. The molecule has 1 atom stereocenters. The monoisotopic (exact) mass is 383 g/mol. The Morgan fingerprint density at radius 3 is 2.64 bits per heavy atom. The van der Waals surface area contributed by atoms with E-state index in [1.807, 2.05) is 24.3 Å². The molecule has 0 unspecified atom stereocenters. The number of hydrogen-bond donors (Lipinski definition) is 3. The first-order chi connectivity index (χ1) is 13.5. The molecule has 0 saturated carbocycles. The molecule has 0 fully saturated rings.